The molecule has 106 valence electrons. The quantitative estimate of drug-likeness (QED) is 0.857. The van der Waals surface area contributed by atoms with Gasteiger partial charge in [0.2, 0.25) is 5.78 Å². The number of aliphatic hydroxyl groups excluding tert-OH is 1. The zero-order valence-electron chi connectivity index (χ0n) is 10.7. The Bertz CT molecular complexity index is 752. The summed E-state index contributed by atoms with van der Waals surface area (Å²) in [5.41, 5.74) is 0.361. The van der Waals surface area contributed by atoms with E-state index in [9.17, 15) is 19.1 Å². The van der Waals surface area contributed by atoms with Crippen molar-refractivity contribution in [3.8, 4) is 0 Å². The molecular weight excluding hydrogens is 293 g/mol. The van der Waals surface area contributed by atoms with Crippen molar-refractivity contribution in [2.75, 3.05) is 0 Å². The van der Waals surface area contributed by atoms with Crippen molar-refractivity contribution < 1.29 is 19.1 Å². The van der Waals surface area contributed by atoms with E-state index in [1.165, 1.54) is 29.5 Å². The van der Waals surface area contributed by atoms with Gasteiger partial charge < -0.3 is 10.4 Å². The van der Waals surface area contributed by atoms with Gasteiger partial charge in [-0.15, -0.1) is 11.3 Å². The van der Waals surface area contributed by atoms with Gasteiger partial charge in [-0.3, -0.25) is 9.59 Å². The average molecular weight is 303 g/mol. The molecule has 1 atom stereocenters. The Morgan fingerprint density at radius 2 is 2.10 bits per heavy atom. The normalized spacial score (nSPS) is 18.0. The second-order valence-corrected chi connectivity index (χ2v) is 5.48. The molecule has 1 amide bonds. The minimum atomic E-state index is -0.845. The third-order valence-electron chi connectivity index (χ3n) is 3.21. The highest BCUT2D eigenvalue weighted by Gasteiger charge is 2.37. The molecule has 6 heteroatoms. The maximum absolute atomic E-state index is 13.3. The third kappa shape index (κ3) is 2.34. The number of aliphatic hydroxyl groups is 1. The van der Waals surface area contributed by atoms with Crippen molar-refractivity contribution in [1.29, 1.82) is 0 Å². The molecule has 0 unspecified atom stereocenters. The second kappa shape index (κ2) is 5.14. The summed E-state index contributed by atoms with van der Waals surface area (Å²) in [5.74, 6) is -2.25. The summed E-state index contributed by atoms with van der Waals surface area (Å²) < 4.78 is 13.3. The van der Waals surface area contributed by atoms with Crippen molar-refractivity contribution in [2.24, 2.45) is 0 Å². The first-order valence-electron chi connectivity index (χ1n) is 6.15. The van der Waals surface area contributed by atoms with Crippen LogP contribution in [0.5, 0.6) is 0 Å². The van der Waals surface area contributed by atoms with Crippen LogP contribution in [0.25, 0.3) is 0 Å². The lowest BCUT2D eigenvalue weighted by Crippen LogP contribution is -2.23. The maximum atomic E-state index is 13.3. The molecule has 2 aromatic rings. The van der Waals surface area contributed by atoms with E-state index in [0.29, 0.717) is 10.4 Å². The lowest BCUT2D eigenvalue weighted by atomic mass is 9.96. The molecule has 2 N–H and O–H groups in total. The maximum Gasteiger partial charge on any atom is 0.287 e. The van der Waals surface area contributed by atoms with Gasteiger partial charge in [-0.2, -0.15) is 0 Å². The fraction of sp³-hybridized carbons (Fsp3) is 0.0667. The summed E-state index contributed by atoms with van der Waals surface area (Å²) in [5, 5.41) is 14.1. The van der Waals surface area contributed by atoms with E-state index >= 15 is 0 Å². The second-order valence-electron chi connectivity index (χ2n) is 4.53. The number of hydrogen-bond acceptors (Lipinski definition) is 4. The van der Waals surface area contributed by atoms with Gasteiger partial charge >= 0.3 is 0 Å². The molecule has 1 aromatic heterocycles. The Morgan fingerprint density at radius 3 is 2.76 bits per heavy atom. The Balaban J connectivity index is 2.06. The number of thiophene rings is 1. The number of halogens is 1. The van der Waals surface area contributed by atoms with Crippen LogP contribution in [0.3, 0.4) is 0 Å². The van der Waals surface area contributed by atoms with Crippen LogP contribution in [0, 0.1) is 5.82 Å². The van der Waals surface area contributed by atoms with Crippen molar-refractivity contribution >= 4 is 23.0 Å². The molecule has 0 spiro atoms. The fourth-order valence-electron chi connectivity index (χ4n) is 2.25. The zero-order chi connectivity index (χ0) is 15.0. The Kier molecular flexibility index (Phi) is 3.31. The smallest absolute Gasteiger partial charge is 0.287 e. The number of benzene rings is 1. The van der Waals surface area contributed by atoms with Crippen LogP contribution in [-0.4, -0.2) is 16.8 Å². The van der Waals surface area contributed by atoms with Crippen molar-refractivity contribution in [3.05, 3.63) is 69.4 Å². The van der Waals surface area contributed by atoms with Gasteiger partial charge in [-0.25, -0.2) is 4.39 Å². The third-order valence-corrected chi connectivity index (χ3v) is 4.07. The van der Waals surface area contributed by atoms with E-state index in [1.807, 2.05) is 0 Å². The van der Waals surface area contributed by atoms with E-state index in [0.717, 1.165) is 0 Å². The highest BCUT2D eigenvalue weighted by Crippen LogP contribution is 2.32. The van der Waals surface area contributed by atoms with Crippen LogP contribution in [-0.2, 0) is 4.79 Å². The highest BCUT2D eigenvalue weighted by atomic mass is 32.1. The topological polar surface area (TPSA) is 66.4 Å². The summed E-state index contributed by atoms with van der Waals surface area (Å²) in [6.45, 7) is 0. The number of amides is 1. The van der Waals surface area contributed by atoms with Crippen molar-refractivity contribution in [3.63, 3.8) is 0 Å². The van der Waals surface area contributed by atoms with Crippen LogP contribution in [0.2, 0.25) is 0 Å². The first-order chi connectivity index (χ1) is 10.1. The summed E-state index contributed by atoms with van der Waals surface area (Å²) in [4.78, 5) is 24.5. The largest absolute Gasteiger partial charge is 0.503 e. The monoisotopic (exact) mass is 303 g/mol. The lowest BCUT2D eigenvalue weighted by Gasteiger charge is -2.14. The van der Waals surface area contributed by atoms with Crippen molar-refractivity contribution in [1.82, 2.24) is 5.32 Å². The van der Waals surface area contributed by atoms with E-state index in [4.69, 9.17) is 0 Å². The molecule has 1 aromatic carbocycles. The molecule has 3 rings (SSSR count). The SMILES string of the molecule is O=C1N[C@@H](c2cccc(F)c2)C(C(=O)c2cccs2)=C1O. The van der Waals surface area contributed by atoms with Crippen LogP contribution in [0.4, 0.5) is 4.39 Å². The molecule has 0 bridgehead atoms. The number of rotatable bonds is 3. The Labute approximate surface area is 123 Å². The molecule has 21 heavy (non-hydrogen) atoms. The first kappa shape index (κ1) is 13.5. The molecule has 0 fully saturated rings. The van der Waals surface area contributed by atoms with Gasteiger partial charge in [0.15, 0.2) is 5.76 Å². The fourth-order valence-corrected chi connectivity index (χ4v) is 2.92. The highest BCUT2D eigenvalue weighted by molar-refractivity contribution is 7.12. The average Bonchev–Trinajstić information content (AvgIpc) is 3.08. The minimum absolute atomic E-state index is 0.0481. The summed E-state index contributed by atoms with van der Waals surface area (Å²) in [6.07, 6.45) is 0. The summed E-state index contributed by atoms with van der Waals surface area (Å²) >= 11 is 1.21. The van der Waals surface area contributed by atoms with Gasteiger partial charge in [0.25, 0.3) is 5.91 Å². The Morgan fingerprint density at radius 1 is 1.29 bits per heavy atom. The van der Waals surface area contributed by atoms with Gasteiger partial charge in [-0.1, -0.05) is 18.2 Å². The van der Waals surface area contributed by atoms with Crippen molar-refractivity contribution in [2.45, 2.75) is 6.04 Å². The first-order valence-corrected chi connectivity index (χ1v) is 7.03. The molecule has 1 aliphatic rings. The molecule has 2 heterocycles. The molecular formula is C15H10FNO3S. The number of ketones is 1. The van der Waals surface area contributed by atoms with E-state index < -0.39 is 29.3 Å². The molecule has 0 saturated heterocycles. The predicted molar refractivity (Wildman–Crippen MR) is 75.6 cm³/mol. The zero-order valence-corrected chi connectivity index (χ0v) is 11.5. The number of carbonyl (C=O) groups excluding carboxylic acids is 2. The van der Waals surface area contributed by atoms with Crippen LogP contribution in [0.1, 0.15) is 21.3 Å². The number of Topliss-reactive ketones (excluding diaryl/α,β-unsaturated/α-hetero) is 1. The van der Waals surface area contributed by atoms with Crippen LogP contribution >= 0.6 is 11.3 Å². The minimum Gasteiger partial charge on any atom is -0.503 e. The summed E-state index contributed by atoms with van der Waals surface area (Å²) in [7, 11) is 0. The number of carbonyl (C=O) groups is 2. The predicted octanol–water partition coefficient (Wildman–Crippen LogP) is 2.75. The standard InChI is InChI=1S/C15H10FNO3S/c16-9-4-1-3-8(7-9)12-11(14(19)15(20)17-12)13(18)10-5-2-6-21-10/h1-7,12,19H,(H,17,20)/t12-/m0/s1. The number of hydrogen-bond donors (Lipinski definition) is 2. The molecule has 0 radical (unpaired) electrons. The summed E-state index contributed by atoms with van der Waals surface area (Å²) in [6, 6.07) is 8.04. The van der Waals surface area contributed by atoms with Gasteiger partial charge in [0, 0.05) is 0 Å². The van der Waals surface area contributed by atoms with Gasteiger partial charge in [0.05, 0.1) is 16.5 Å². The van der Waals surface area contributed by atoms with Gasteiger partial charge in [0.1, 0.15) is 5.82 Å². The molecule has 4 nitrogen and oxygen atoms in total. The van der Waals surface area contributed by atoms with E-state index in [2.05, 4.69) is 5.32 Å². The van der Waals surface area contributed by atoms with Crippen LogP contribution in [0.15, 0.2) is 53.1 Å². The van der Waals surface area contributed by atoms with Gasteiger partial charge in [-0.05, 0) is 29.1 Å². The molecule has 1 aliphatic heterocycles. The lowest BCUT2D eigenvalue weighted by molar-refractivity contribution is -0.119. The Hall–Kier alpha value is -2.47. The molecule has 0 aliphatic carbocycles. The number of nitrogens with one attached hydrogen (secondary N) is 1. The van der Waals surface area contributed by atoms with E-state index in [-0.39, 0.29) is 5.57 Å². The van der Waals surface area contributed by atoms with E-state index in [1.54, 1.807) is 23.6 Å². The molecule has 0 saturated carbocycles. The van der Waals surface area contributed by atoms with Crippen LogP contribution < -0.4 is 5.32 Å².